The Morgan fingerprint density at radius 1 is 1.46 bits per heavy atom. The van der Waals surface area contributed by atoms with Gasteiger partial charge in [-0.25, -0.2) is 0 Å². The maximum absolute atomic E-state index is 9.20. The van der Waals surface area contributed by atoms with Crippen molar-refractivity contribution in [3.05, 3.63) is 33.1 Å². The molecule has 0 saturated heterocycles. The highest BCUT2D eigenvalue weighted by Gasteiger charge is 2.07. The van der Waals surface area contributed by atoms with Crippen molar-refractivity contribution in [2.24, 2.45) is 0 Å². The Morgan fingerprint density at radius 3 is 2.92 bits per heavy atom. The van der Waals surface area contributed by atoms with Crippen molar-refractivity contribution >= 4 is 37.4 Å². The van der Waals surface area contributed by atoms with Gasteiger partial charge in [-0.1, -0.05) is 22.0 Å². The van der Waals surface area contributed by atoms with E-state index in [1.54, 1.807) is 11.3 Å². The van der Waals surface area contributed by atoms with Crippen molar-refractivity contribution < 1.29 is 5.11 Å². The fourth-order valence-electron chi connectivity index (χ4n) is 1.41. The highest BCUT2D eigenvalue weighted by atomic mass is 79.9. The Balaban J connectivity index is 2.85. The average molecular weight is 257 g/mol. The van der Waals surface area contributed by atoms with Gasteiger partial charge >= 0.3 is 0 Å². The average Bonchev–Trinajstić information content (AvgIpc) is 2.48. The van der Waals surface area contributed by atoms with E-state index in [2.05, 4.69) is 34.3 Å². The van der Waals surface area contributed by atoms with Crippen LogP contribution in [0.15, 0.2) is 22.0 Å². The molecule has 1 aromatic heterocycles. The first-order chi connectivity index (χ1) is 6.24. The second kappa shape index (κ2) is 3.40. The lowest BCUT2D eigenvalue weighted by atomic mass is 10.1. The van der Waals surface area contributed by atoms with Gasteiger partial charge in [0.2, 0.25) is 0 Å². The van der Waals surface area contributed by atoms with E-state index in [-0.39, 0.29) is 6.61 Å². The first-order valence-corrected chi connectivity index (χ1v) is 5.67. The molecule has 0 spiro atoms. The van der Waals surface area contributed by atoms with E-state index in [0.29, 0.717) is 0 Å². The number of hydrogen-bond acceptors (Lipinski definition) is 2. The van der Waals surface area contributed by atoms with E-state index >= 15 is 0 Å². The number of fused-ring (bicyclic) bond motifs is 1. The lowest BCUT2D eigenvalue weighted by Crippen LogP contribution is -1.85. The van der Waals surface area contributed by atoms with Crippen LogP contribution in [0.1, 0.15) is 11.1 Å². The standard InChI is InChI=1S/C10H9BrOS/c1-6-5-13-10-7(6)2-3-9(11)8(10)4-12/h2-3,5,12H,4H2,1H3. The minimum Gasteiger partial charge on any atom is -0.392 e. The number of thiophene rings is 1. The van der Waals surface area contributed by atoms with E-state index in [9.17, 15) is 5.11 Å². The molecule has 1 nitrogen and oxygen atoms in total. The summed E-state index contributed by atoms with van der Waals surface area (Å²) in [7, 11) is 0. The SMILES string of the molecule is Cc1csc2c(CO)c(Br)ccc12. The van der Waals surface area contributed by atoms with Gasteiger partial charge in [0, 0.05) is 14.7 Å². The molecule has 0 saturated carbocycles. The van der Waals surface area contributed by atoms with Crippen LogP contribution in [-0.2, 0) is 6.61 Å². The molecule has 3 heteroatoms. The zero-order chi connectivity index (χ0) is 9.42. The van der Waals surface area contributed by atoms with Crippen molar-refractivity contribution in [2.75, 3.05) is 0 Å². The Kier molecular flexibility index (Phi) is 2.41. The number of aliphatic hydroxyl groups is 1. The highest BCUT2D eigenvalue weighted by molar-refractivity contribution is 9.10. The van der Waals surface area contributed by atoms with Crippen LogP contribution < -0.4 is 0 Å². The second-order valence-electron chi connectivity index (χ2n) is 2.98. The Morgan fingerprint density at radius 2 is 2.23 bits per heavy atom. The second-order valence-corrected chi connectivity index (χ2v) is 4.71. The molecule has 1 heterocycles. The largest absolute Gasteiger partial charge is 0.392 e. The van der Waals surface area contributed by atoms with Crippen LogP contribution in [0.4, 0.5) is 0 Å². The van der Waals surface area contributed by atoms with E-state index in [1.807, 2.05) is 6.07 Å². The maximum Gasteiger partial charge on any atom is 0.0706 e. The van der Waals surface area contributed by atoms with Gasteiger partial charge < -0.3 is 5.11 Å². The number of halogens is 1. The van der Waals surface area contributed by atoms with Crippen LogP contribution in [-0.4, -0.2) is 5.11 Å². The Labute approximate surface area is 89.1 Å². The molecule has 0 unspecified atom stereocenters. The number of aliphatic hydroxyl groups excluding tert-OH is 1. The molecular formula is C10H9BrOS. The summed E-state index contributed by atoms with van der Waals surface area (Å²) in [6, 6.07) is 4.08. The summed E-state index contributed by atoms with van der Waals surface area (Å²) in [5.41, 5.74) is 2.28. The molecule has 0 bridgehead atoms. The summed E-state index contributed by atoms with van der Waals surface area (Å²) in [5.74, 6) is 0. The minimum absolute atomic E-state index is 0.0951. The zero-order valence-electron chi connectivity index (χ0n) is 7.17. The molecular weight excluding hydrogens is 248 g/mol. The zero-order valence-corrected chi connectivity index (χ0v) is 9.58. The summed E-state index contributed by atoms with van der Waals surface area (Å²) >= 11 is 5.12. The molecule has 0 aliphatic rings. The smallest absolute Gasteiger partial charge is 0.0706 e. The van der Waals surface area contributed by atoms with Gasteiger partial charge in [-0.2, -0.15) is 0 Å². The minimum atomic E-state index is 0.0951. The summed E-state index contributed by atoms with van der Waals surface area (Å²) in [4.78, 5) is 0. The quantitative estimate of drug-likeness (QED) is 0.829. The van der Waals surface area contributed by atoms with E-state index < -0.39 is 0 Å². The predicted octanol–water partition coefficient (Wildman–Crippen LogP) is 3.46. The van der Waals surface area contributed by atoms with Gasteiger partial charge in [0.05, 0.1) is 6.61 Å². The van der Waals surface area contributed by atoms with Crippen LogP contribution in [0, 0.1) is 6.92 Å². The van der Waals surface area contributed by atoms with Gasteiger partial charge in [0.25, 0.3) is 0 Å². The normalized spacial score (nSPS) is 11.0. The van der Waals surface area contributed by atoms with Crippen molar-refractivity contribution in [2.45, 2.75) is 13.5 Å². The molecule has 0 fully saturated rings. The summed E-state index contributed by atoms with van der Waals surface area (Å²) in [6.07, 6.45) is 0. The van der Waals surface area contributed by atoms with Gasteiger partial charge in [0.1, 0.15) is 0 Å². The molecule has 1 aromatic carbocycles. The molecule has 0 aliphatic carbocycles. The number of aryl methyl sites for hydroxylation is 1. The van der Waals surface area contributed by atoms with E-state index in [0.717, 1.165) is 10.0 Å². The van der Waals surface area contributed by atoms with Crippen LogP contribution in [0.5, 0.6) is 0 Å². The molecule has 0 amide bonds. The molecule has 68 valence electrons. The summed E-state index contributed by atoms with van der Waals surface area (Å²) in [6.45, 7) is 2.19. The van der Waals surface area contributed by atoms with E-state index in [4.69, 9.17) is 0 Å². The van der Waals surface area contributed by atoms with Crippen LogP contribution in [0.2, 0.25) is 0 Å². The molecule has 2 rings (SSSR count). The third-order valence-corrected chi connectivity index (χ3v) is 4.06. The Hall–Kier alpha value is -0.380. The van der Waals surface area contributed by atoms with Gasteiger partial charge in [-0.15, -0.1) is 11.3 Å². The van der Waals surface area contributed by atoms with Gasteiger partial charge in [-0.3, -0.25) is 0 Å². The van der Waals surface area contributed by atoms with Crippen LogP contribution in [0.3, 0.4) is 0 Å². The Bertz CT molecular complexity index is 447. The third kappa shape index (κ3) is 1.41. The van der Waals surface area contributed by atoms with Crippen LogP contribution >= 0.6 is 27.3 Å². The molecule has 0 aliphatic heterocycles. The number of benzene rings is 1. The lowest BCUT2D eigenvalue weighted by molar-refractivity contribution is 0.283. The number of rotatable bonds is 1. The highest BCUT2D eigenvalue weighted by Crippen LogP contribution is 2.32. The van der Waals surface area contributed by atoms with Crippen molar-refractivity contribution in [3.8, 4) is 0 Å². The topological polar surface area (TPSA) is 20.2 Å². The monoisotopic (exact) mass is 256 g/mol. The van der Waals surface area contributed by atoms with Crippen molar-refractivity contribution in [1.82, 2.24) is 0 Å². The first kappa shape index (κ1) is 9.19. The van der Waals surface area contributed by atoms with Crippen LogP contribution in [0.25, 0.3) is 10.1 Å². The molecule has 2 aromatic rings. The fraction of sp³-hybridized carbons (Fsp3) is 0.200. The van der Waals surface area contributed by atoms with Gasteiger partial charge in [-0.05, 0) is 29.3 Å². The summed E-state index contributed by atoms with van der Waals surface area (Å²) < 4.78 is 2.18. The fourth-order valence-corrected chi connectivity index (χ4v) is 3.09. The summed E-state index contributed by atoms with van der Waals surface area (Å²) in [5, 5.41) is 12.6. The molecule has 1 N–H and O–H groups in total. The first-order valence-electron chi connectivity index (χ1n) is 4.00. The van der Waals surface area contributed by atoms with Crippen molar-refractivity contribution in [3.63, 3.8) is 0 Å². The van der Waals surface area contributed by atoms with Gasteiger partial charge in [0.15, 0.2) is 0 Å². The lowest BCUT2D eigenvalue weighted by Gasteiger charge is -2.02. The van der Waals surface area contributed by atoms with E-state index in [1.165, 1.54) is 15.6 Å². The molecule has 0 atom stereocenters. The maximum atomic E-state index is 9.20. The van der Waals surface area contributed by atoms with Crippen molar-refractivity contribution in [1.29, 1.82) is 0 Å². The predicted molar refractivity (Wildman–Crippen MR) is 60.2 cm³/mol. The molecule has 13 heavy (non-hydrogen) atoms. The molecule has 0 radical (unpaired) electrons. The number of hydrogen-bond donors (Lipinski definition) is 1. The third-order valence-electron chi connectivity index (χ3n) is 2.14.